The van der Waals surface area contributed by atoms with Crippen molar-refractivity contribution in [1.82, 2.24) is 9.88 Å². The number of aromatic nitrogens is 1. The molecular weight excluding hydrogens is 378 g/mol. The van der Waals surface area contributed by atoms with E-state index in [-0.39, 0.29) is 11.6 Å². The van der Waals surface area contributed by atoms with Crippen molar-refractivity contribution in [2.45, 2.75) is 13.5 Å². The first-order valence-corrected chi connectivity index (χ1v) is 9.76. The first kappa shape index (κ1) is 17.8. The predicted molar refractivity (Wildman–Crippen MR) is 111 cm³/mol. The molecule has 6 heteroatoms. The summed E-state index contributed by atoms with van der Waals surface area (Å²) in [5, 5.41) is 20.4. The quantitative estimate of drug-likeness (QED) is 0.610. The summed E-state index contributed by atoms with van der Waals surface area (Å²) in [5.41, 5.74) is 3.37. The second kappa shape index (κ2) is 7.18. The van der Waals surface area contributed by atoms with Gasteiger partial charge in [0.05, 0.1) is 17.8 Å². The molecule has 0 bridgehead atoms. The fraction of sp³-hybridized carbons (Fsp3) is 0.143. The number of halogens is 1. The van der Waals surface area contributed by atoms with Crippen molar-refractivity contribution in [3.05, 3.63) is 80.8 Å². The molecule has 27 heavy (non-hydrogen) atoms. The van der Waals surface area contributed by atoms with Crippen LogP contribution < -0.4 is 0 Å². The van der Waals surface area contributed by atoms with Crippen molar-refractivity contribution >= 4 is 34.3 Å². The van der Waals surface area contributed by atoms with E-state index in [1.807, 2.05) is 66.4 Å². The molecule has 0 saturated carbocycles. The summed E-state index contributed by atoms with van der Waals surface area (Å²) in [6.45, 7) is 2.78. The zero-order chi connectivity index (χ0) is 19.0. The highest BCUT2D eigenvalue weighted by Gasteiger charge is 2.31. The Morgan fingerprint density at radius 1 is 1.15 bits per heavy atom. The van der Waals surface area contributed by atoms with Gasteiger partial charge in [0.25, 0.3) is 0 Å². The van der Waals surface area contributed by atoms with Crippen molar-refractivity contribution in [2.75, 3.05) is 6.54 Å². The summed E-state index contributed by atoms with van der Waals surface area (Å²) >= 11 is 7.75. The van der Waals surface area contributed by atoms with Crippen LogP contribution in [-0.2, 0) is 6.54 Å². The molecule has 4 nitrogen and oxygen atoms in total. The molecule has 0 saturated heterocycles. The fourth-order valence-corrected chi connectivity index (χ4v) is 4.39. The largest absolute Gasteiger partial charge is 0.510 e. The summed E-state index contributed by atoms with van der Waals surface area (Å²) in [6, 6.07) is 17.5. The first-order chi connectivity index (χ1) is 13.0. The molecule has 2 heterocycles. The van der Waals surface area contributed by atoms with Crippen molar-refractivity contribution in [3.8, 4) is 11.3 Å². The lowest BCUT2D eigenvalue weighted by molar-refractivity contribution is 0.347. The van der Waals surface area contributed by atoms with Crippen molar-refractivity contribution in [1.29, 1.82) is 5.41 Å². The third-order valence-corrected chi connectivity index (χ3v) is 5.92. The molecule has 0 atom stereocenters. The van der Waals surface area contributed by atoms with Crippen LogP contribution in [0.3, 0.4) is 0 Å². The smallest absolute Gasteiger partial charge is 0.135 e. The molecule has 2 aromatic carbocycles. The maximum Gasteiger partial charge on any atom is 0.135 e. The van der Waals surface area contributed by atoms with E-state index in [4.69, 9.17) is 22.0 Å². The molecule has 0 amide bonds. The van der Waals surface area contributed by atoms with E-state index in [9.17, 15) is 5.11 Å². The number of thiazole rings is 1. The second-order valence-corrected chi connectivity index (χ2v) is 8.02. The standard InChI is InChI=1S/C21H18ClN3OS/c1-13-19(14-7-3-2-4-8-14)24-21(27-13)18-17(26)12-25(20(18)23)11-15-9-5-6-10-16(15)22/h2-10,23,26H,11-12H2,1H3. The molecule has 0 unspecified atom stereocenters. The lowest BCUT2D eigenvalue weighted by atomic mass is 10.1. The van der Waals surface area contributed by atoms with E-state index in [1.54, 1.807) is 0 Å². The maximum absolute atomic E-state index is 10.5. The molecular formula is C21H18ClN3OS. The van der Waals surface area contributed by atoms with Gasteiger partial charge in [0.15, 0.2) is 0 Å². The lowest BCUT2D eigenvalue weighted by Crippen LogP contribution is -2.26. The maximum atomic E-state index is 10.5. The summed E-state index contributed by atoms with van der Waals surface area (Å²) in [7, 11) is 0. The number of hydrogen-bond donors (Lipinski definition) is 2. The highest BCUT2D eigenvalue weighted by atomic mass is 35.5. The summed E-state index contributed by atoms with van der Waals surface area (Å²) in [5.74, 6) is 0.459. The van der Waals surface area contributed by atoms with Gasteiger partial charge in [-0.2, -0.15) is 0 Å². The number of hydrogen-bond acceptors (Lipinski definition) is 4. The number of aliphatic hydroxyl groups is 1. The Kier molecular flexibility index (Phi) is 4.72. The van der Waals surface area contributed by atoms with Crippen LogP contribution in [0.2, 0.25) is 5.02 Å². The zero-order valence-corrected chi connectivity index (χ0v) is 16.3. The Bertz CT molecular complexity index is 1040. The van der Waals surface area contributed by atoms with Crippen molar-refractivity contribution in [3.63, 3.8) is 0 Å². The van der Waals surface area contributed by atoms with Gasteiger partial charge in [-0.1, -0.05) is 60.1 Å². The van der Waals surface area contributed by atoms with Gasteiger partial charge in [-0.25, -0.2) is 4.98 Å². The average Bonchev–Trinajstić information content (AvgIpc) is 3.17. The predicted octanol–water partition coefficient (Wildman–Crippen LogP) is 5.53. The van der Waals surface area contributed by atoms with Gasteiger partial charge < -0.3 is 10.0 Å². The van der Waals surface area contributed by atoms with Gasteiger partial charge in [-0.3, -0.25) is 5.41 Å². The van der Waals surface area contributed by atoms with E-state index in [1.165, 1.54) is 11.3 Å². The van der Waals surface area contributed by atoms with E-state index in [0.717, 1.165) is 21.7 Å². The van der Waals surface area contributed by atoms with Gasteiger partial charge in [-0.15, -0.1) is 11.3 Å². The number of aliphatic hydroxyl groups excluding tert-OH is 1. The molecule has 0 spiro atoms. The van der Waals surface area contributed by atoms with Crippen LogP contribution in [0, 0.1) is 12.3 Å². The molecule has 1 aliphatic heterocycles. The van der Waals surface area contributed by atoms with Crippen LogP contribution in [0.1, 0.15) is 15.4 Å². The Morgan fingerprint density at radius 3 is 2.59 bits per heavy atom. The average molecular weight is 396 g/mol. The molecule has 1 aliphatic rings. The number of nitrogens with zero attached hydrogens (tertiary/aromatic N) is 2. The molecule has 0 fully saturated rings. The molecule has 1 aromatic heterocycles. The van der Waals surface area contributed by atoms with Crippen LogP contribution in [0.25, 0.3) is 16.8 Å². The summed E-state index contributed by atoms with van der Waals surface area (Å²) in [4.78, 5) is 7.60. The minimum atomic E-state index is 0.181. The van der Waals surface area contributed by atoms with Crippen LogP contribution >= 0.6 is 22.9 Å². The summed E-state index contributed by atoms with van der Waals surface area (Å²) < 4.78 is 0. The number of benzene rings is 2. The Morgan fingerprint density at radius 2 is 1.85 bits per heavy atom. The minimum absolute atomic E-state index is 0.181. The van der Waals surface area contributed by atoms with Crippen LogP contribution in [-0.4, -0.2) is 27.4 Å². The van der Waals surface area contributed by atoms with Gasteiger partial charge in [0.2, 0.25) is 0 Å². The normalized spacial score (nSPS) is 14.3. The highest BCUT2D eigenvalue weighted by molar-refractivity contribution is 7.13. The van der Waals surface area contributed by atoms with Crippen molar-refractivity contribution in [2.24, 2.45) is 0 Å². The van der Waals surface area contributed by atoms with Crippen LogP contribution in [0.5, 0.6) is 0 Å². The summed E-state index contributed by atoms with van der Waals surface area (Å²) in [6.07, 6.45) is 0. The topological polar surface area (TPSA) is 60.2 Å². The van der Waals surface area contributed by atoms with Crippen LogP contribution in [0.15, 0.2) is 60.4 Å². The zero-order valence-electron chi connectivity index (χ0n) is 14.7. The third-order valence-electron chi connectivity index (χ3n) is 4.56. The molecule has 2 N–H and O–H groups in total. The SMILES string of the molecule is Cc1sc(C2=C(O)CN(Cc3ccccc3Cl)C2=N)nc1-c1ccccc1. The third kappa shape index (κ3) is 3.36. The van der Waals surface area contributed by atoms with Crippen molar-refractivity contribution < 1.29 is 5.11 Å². The minimum Gasteiger partial charge on any atom is -0.510 e. The fourth-order valence-electron chi connectivity index (χ4n) is 3.19. The Hall–Kier alpha value is -2.63. The lowest BCUT2D eigenvalue weighted by Gasteiger charge is -2.19. The molecule has 3 aromatic rings. The first-order valence-electron chi connectivity index (χ1n) is 8.57. The van der Waals surface area contributed by atoms with E-state index in [0.29, 0.717) is 28.7 Å². The van der Waals surface area contributed by atoms with Crippen LogP contribution in [0.4, 0.5) is 0 Å². The van der Waals surface area contributed by atoms with Gasteiger partial charge >= 0.3 is 0 Å². The Balaban J connectivity index is 1.62. The van der Waals surface area contributed by atoms with Gasteiger partial charge in [-0.05, 0) is 18.6 Å². The van der Waals surface area contributed by atoms with E-state index in [2.05, 4.69) is 0 Å². The molecule has 4 rings (SSSR count). The molecule has 0 radical (unpaired) electrons. The Labute approximate surface area is 166 Å². The number of amidine groups is 1. The number of aryl methyl sites for hydroxylation is 1. The van der Waals surface area contributed by atoms with E-state index >= 15 is 0 Å². The molecule has 0 aliphatic carbocycles. The monoisotopic (exact) mass is 395 g/mol. The molecule has 136 valence electrons. The number of nitrogens with one attached hydrogen (secondary N) is 1. The van der Waals surface area contributed by atoms with E-state index < -0.39 is 0 Å². The van der Waals surface area contributed by atoms with Gasteiger partial charge in [0.1, 0.15) is 16.6 Å². The van der Waals surface area contributed by atoms with Gasteiger partial charge in [0, 0.05) is 22.0 Å². The number of rotatable bonds is 4. The second-order valence-electron chi connectivity index (χ2n) is 6.41. The highest BCUT2D eigenvalue weighted by Crippen LogP contribution is 2.35.